The van der Waals surface area contributed by atoms with Crippen LogP contribution in [0.5, 0.6) is 5.75 Å². The molecular weight excluding hydrogens is 258 g/mol. The lowest BCUT2D eigenvalue weighted by Crippen LogP contribution is -2.40. The third-order valence-electron chi connectivity index (χ3n) is 2.97. The molecule has 20 heavy (non-hydrogen) atoms. The molecule has 2 N–H and O–H groups in total. The number of nitrogens with two attached hydrogens (primary N) is 1. The monoisotopic (exact) mass is 275 g/mol. The fraction of sp³-hybridized carbons (Fsp3) is 0.286. The van der Waals surface area contributed by atoms with Crippen LogP contribution in [-0.2, 0) is 20.1 Å². The van der Waals surface area contributed by atoms with Crippen molar-refractivity contribution in [2.75, 3.05) is 6.61 Å². The number of nitrogens with zero attached hydrogens (tertiary/aromatic N) is 2. The Morgan fingerprint density at radius 2 is 2.00 bits per heavy atom. The molecule has 6 heteroatoms. The maximum atomic E-state index is 11.7. The van der Waals surface area contributed by atoms with Gasteiger partial charge >= 0.3 is 11.1 Å². The largest absolute Gasteiger partial charge is 0.492 e. The molecule has 0 amide bonds. The minimum absolute atomic E-state index is 0.307. The molecule has 0 fully saturated rings. The molecule has 1 heterocycles. The summed E-state index contributed by atoms with van der Waals surface area (Å²) < 4.78 is 8.15. The standard InChI is InChI=1S/C14H17N3O3/c1-16-5-6-17(14(19)13(16)18)7-8-20-12-4-2-3-11(9-12)10-15/h2-6,9H,7-8,10,15H2,1H3. The van der Waals surface area contributed by atoms with Crippen LogP contribution in [0, 0.1) is 0 Å². The van der Waals surface area contributed by atoms with Crippen molar-refractivity contribution in [1.82, 2.24) is 9.13 Å². The quantitative estimate of drug-likeness (QED) is 0.784. The second-order valence-electron chi connectivity index (χ2n) is 4.41. The number of benzene rings is 1. The summed E-state index contributed by atoms with van der Waals surface area (Å²) in [7, 11) is 1.54. The minimum Gasteiger partial charge on any atom is -0.492 e. The van der Waals surface area contributed by atoms with Crippen molar-refractivity contribution in [1.29, 1.82) is 0 Å². The fourth-order valence-electron chi connectivity index (χ4n) is 1.79. The Kier molecular flexibility index (Phi) is 4.37. The van der Waals surface area contributed by atoms with Gasteiger partial charge in [0.1, 0.15) is 12.4 Å². The highest BCUT2D eigenvalue weighted by atomic mass is 16.5. The van der Waals surface area contributed by atoms with E-state index in [2.05, 4.69) is 0 Å². The van der Waals surface area contributed by atoms with Crippen molar-refractivity contribution in [2.24, 2.45) is 12.8 Å². The Morgan fingerprint density at radius 3 is 2.75 bits per heavy atom. The lowest BCUT2D eigenvalue weighted by molar-refractivity contribution is 0.295. The maximum Gasteiger partial charge on any atom is 0.316 e. The van der Waals surface area contributed by atoms with Gasteiger partial charge in [-0.15, -0.1) is 0 Å². The van der Waals surface area contributed by atoms with Gasteiger partial charge in [-0.25, -0.2) is 0 Å². The molecule has 0 atom stereocenters. The van der Waals surface area contributed by atoms with E-state index in [0.717, 1.165) is 5.56 Å². The van der Waals surface area contributed by atoms with Crippen LogP contribution in [0.1, 0.15) is 5.56 Å². The van der Waals surface area contributed by atoms with Gasteiger partial charge in [-0.3, -0.25) is 9.59 Å². The summed E-state index contributed by atoms with van der Waals surface area (Å²) >= 11 is 0. The Bertz CT molecular complexity index is 703. The van der Waals surface area contributed by atoms with E-state index < -0.39 is 11.1 Å². The molecular formula is C14H17N3O3. The average molecular weight is 275 g/mol. The zero-order valence-electron chi connectivity index (χ0n) is 11.3. The highest BCUT2D eigenvalue weighted by Crippen LogP contribution is 2.12. The SMILES string of the molecule is Cn1ccn(CCOc2cccc(CN)c2)c(=O)c1=O. The van der Waals surface area contributed by atoms with Crippen LogP contribution >= 0.6 is 0 Å². The molecule has 2 aromatic rings. The molecule has 1 aromatic carbocycles. The molecule has 0 unspecified atom stereocenters. The third kappa shape index (κ3) is 3.16. The normalized spacial score (nSPS) is 10.5. The molecule has 1 aromatic heterocycles. The number of rotatable bonds is 5. The van der Waals surface area contributed by atoms with Gasteiger partial charge in [0.2, 0.25) is 0 Å². The number of hydrogen-bond acceptors (Lipinski definition) is 4. The molecule has 0 spiro atoms. The van der Waals surface area contributed by atoms with Crippen LogP contribution in [0.15, 0.2) is 46.2 Å². The maximum absolute atomic E-state index is 11.7. The number of aryl methyl sites for hydroxylation is 1. The van der Waals surface area contributed by atoms with Gasteiger partial charge in [0.05, 0.1) is 6.54 Å². The van der Waals surface area contributed by atoms with Gasteiger partial charge in [0, 0.05) is 26.0 Å². The topological polar surface area (TPSA) is 79.2 Å². The number of aromatic nitrogens is 2. The molecule has 2 rings (SSSR count). The molecule has 0 radical (unpaired) electrons. The van der Waals surface area contributed by atoms with Crippen molar-refractivity contribution in [3.8, 4) is 5.75 Å². The van der Waals surface area contributed by atoms with Crippen molar-refractivity contribution < 1.29 is 4.74 Å². The Hall–Kier alpha value is -2.34. The summed E-state index contributed by atoms with van der Waals surface area (Å²) in [4.78, 5) is 23.2. The van der Waals surface area contributed by atoms with E-state index in [9.17, 15) is 9.59 Å². The van der Waals surface area contributed by atoms with Gasteiger partial charge in [-0.2, -0.15) is 0 Å². The lowest BCUT2D eigenvalue weighted by atomic mass is 10.2. The highest BCUT2D eigenvalue weighted by molar-refractivity contribution is 5.28. The van der Waals surface area contributed by atoms with Crippen LogP contribution < -0.4 is 21.6 Å². The molecule has 0 aliphatic rings. The first-order chi connectivity index (χ1) is 9.61. The van der Waals surface area contributed by atoms with Crippen LogP contribution in [0.3, 0.4) is 0 Å². The van der Waals surface area contributed by atoms with E-state index in [1.54, 1.807) is 19.4 Å². The highest BCUT2D eigenvalue weighted by Gasteiger charge is 2.02. The van der Waals surface area contributed by atoms with Crippen molar-refractivity contribution >= 4 is 0 Å². The Morgan fingerprint density at radius 1 is 1.20 bits per heavy atom. The zero-order chi connectivity index (χ0) is 14.5. The van der Waals surface area contributed by atoms with E-state index in [1.807, 2.05) is 24.3 Å². The van der Waals surface area contributed by atoms with E-state index in [4.69, 9.17) is 10.5 Å². The molecule has 0 aliphatic heterocycles. The summed E-state index contributed by atoms with van der Waals surface area (Å²) in [6.45, 7) is 1.08. The molecule has 0 aliphatic carbocycles. The first kappa shape index (κ1) is 14.1. The zero-order valence-corrected chi connectivity index (χ0v) is 11.3. The molecule has 106 valence electrons. The van der Waals surface area contributed by atoms with Crippen LogP contribution in [0.4, 0.5) is 0 Å². The van der Waals surface area contributed by atoms with Crippen molar-refractivity contribution in [2.45, 2.75) is 13.1 Å². The summed E-state index contributed by atoms with van der Waals surface area (Å²) in [6.07, 6.45) is 3.13. The van der Waals surface area contributed by atoms with E-state index in [0.29, 0.717) is 25.4 Å². The Balaban J connectivity index is 2.01. The van der Waals surface area contributed by atoms with Gasteiger partial charge in [-0.1, -0.05) is 12.1 Å². The third-order valence-corrected chi connectivity index (χ3v) is 2.97. The van der Waals surface area contributed by atoms with Crippen molar-refractivity contribution in [3.63, 3.8) is 0 Å². The van der Waals surface area contributed by atoms with Crippen LogP contribution in [-0.4, -0.2) is 15.7 Å². The molecule has 0 bridgehead atoms. The van der Waals surface area contributed by atoms with Gasteiger partial charge < -0.3 is 19.6 Å². The second-order valence-corrected chi connectivity index (χ2v) is 4.41. The van der Waals surface area contributed by atoms with Crippen LogP contribution in [0.2, 0.25) is 0 Å². The van der Waals surface area contributed by atoms with Gasteiger partial charge in [0.15, 0.2) is 0 Å². The number of ether oxygens (including phenoxy) is 1. The molecule has 0 saturated heterocycles. The summed E-state index contributed by atoms with van der Waals surface area (Å²) in [5, 5.41) is 0. The van der Waals surface area contributed by atoms with Gasteiger partial charge in [0.25, 0.3) is 0 Å². The van der Waals surface area contributed by atoms with E-state index >= 15 is 0 Å². The predicted octanol–water partition coefficient (Wildman–Crippen LogP) is 0.0847. The smallest absolute Gasteiger partial charge is 0.316 e. The molecule has 0 saturated carbocycles. The average Bonchev–Trinajstić information content (AvgIpc) is 2.47. The minimum atomic E-state index is -0.547. The fourth-order valence-corrected chi connectivity index (χ4v) is 1.79. The molecule has 6 nitrogen and oxygen atoms in total. The summed E-state index contributed by atoms with van der Waals surface area (Å²) in [5.41, 5.74) is 5.44. The summed E-state index contributed by atoms with van der Waals surface area (Å²) in [5.74, 6) is 0.699. The predicted molar refractivity (Wildman–Crippen MR) is 75.8 cm³/mol. The second kappa shape index (κ2) is 6.21. The lowest BCUT2D eigenvalue weighted by Gasteiger charge is -2.09. The van der Waals surface area contributed by atoms with Crippen LogP contribution in [0.25, 0.3) is 0 Å². The first-order valence-corrected chi connectivity index (χ1v) is 6.29. The van der Waals surface area contributed by atoms with Crippen molar-refractivity contribution in [3.05, 3.63) is 62.9 Å². The van der Waals surface area contributed by atoms with Gasteiger partial charge in [-0.05, 0) is 17.7 Å². The Labute approximate surface area is 116 Å². The van der Waals surface area contributed by atoms with E-state index in [-0.39, 0.29) is 0 Å². The number of hydrogen-bond donors (Lipinski definition) is 1. The summed E-state index contributed by atoms with van der Waals surface area (Å²) in [6, 6.07) is 7.46. The van der Waals surface area contributed by atoms with E-state index in [1.165, 1.54) is 9.13 Å². The first-order valence-electron chi connectivity index (χ1n) is 6.29.